The maximum Gasteiger partial charge on any atom is 0.433 e. The third kappa shape index (κ3) is 6.29. The lowest BCUT2D eigenvalue weighted by Gasteiger charge is -2.40. The molecule has 3 aliphatic carbocycles. The number of hydrogen-bond donors (Lipinski definition) is 1. The van der Waals surface area contributed by atoms with Crippen LogP contribution in [-0.4, -0.2) is 35.0 Å². The van der Waals surface area contributed by atoms with Crippen molar-refractivity contribution in [2.45, 2.75) is 75.8 Å². The highest BCUT2D eigenvalue weighted by Crippen LogP contribution is 2.46. The molecule has 1 heterocycles. The first-order chi connectivity index (χ1) is 16.2. The van der Waals surface area contributed by atoms with Crippen LogP contribution in [-0.2, 0) is 6.18 Å². The summed E-state index contributed by atoms with van der Waals surface area (Å²) in [6, 6.07) is 0.651. The fraction of sp³-hybridized carbons (Fsp3) is 0.692. The highest BCUT2D eigenvalue weighted by atomic mass is 32.2. The van der Waals surface area contributed by atoms with E-state index in [1.54, 1.807) is 6.08 Å². The Morgan fingerprint density at radius 3 is 2.50 bits per heavy atom. The zero-order chi connectivity index (χ0) is 24.5. The lowest BCUT2D eigenvalue weighted by Crippen LogP contribution is -2.45. The van der Waals surface area contributed by atoms with Gasteiger partial charge in [-0.1, -0.05) is 18.9 Å². The molecule has 0 spiro atoms. The number of thioether (sulfide) groups is 1. The van der Waals surface area contributed by atoms with E-state index in [2.05, 4.69) is 16.9 Å². The maximum absolute atomic E-state index is 13.3. The number of alkyl halides is 3. The first kappa shape index (κ1) is 25.4. The largest absolute Gasteiger partial charge is 0.480 e. The quantitative estimate of drug-likeness (QED) is 0.379. The highest BCUT2D eigenvalue weighted by Gasteiger charge is 2.39. The summed E-state index contributed by atoms with van der Waals surface area (Å²) in [5.41, 5.74) is -0.824. The molecule has 8 heteroatoms. The van der Waals surface area contributed by atoms with Crippen molar-refractivity contribution in [2.75, 3.05) is 12.9 Å². The molecule has 4 rings (SSSR count). The Kier molecular flexibility index (Phi) is 7.85. The Hall–Kier alpha value is -1.70. The van der Waals surface area contributed by atoms with Crippen LogP contribution in [0.2, 0.25) is 0 Å². The van der Waals surface area contributed by atoms with Crippen molar-refractivity contribution in [3.05, 3.63) is 35.5 Å². The lowest BCUT2D eigenvalue weighted by atomic mass is 9.75. The van der Waals surface area contributed by atoms with E-state index < -0.39 is 17.8 Å². The molecule has 1 aromatic heterocycles. The summed E-state index contributed by atoms with van der Waals surface area (Å²) in [5.74, 6) is 3.02. The number of hydrogen-bond acceptors (Lipinski definition) is 4. The number of halogens is 3. The maximum atomic E-state index is 13.3. The molecule has 0 aromatic carbocycles. The number of rotatable bonds is 10. The van der Waals surface area contributed by atoms with Gasteiger partial charge in [0.1, 0.15) is 11.3 Å². The molecule has 4 unspecified atom stereocenters. The molecule has 3 aliphatic rings. The number of amides is 1. The van der Waals surface area contributed by atoms with E-state index in [9.17, 15) is 18.0 Å². The summed E-state index contributed by atoms with van der Waals surface area (Å²) in [7, 11) is 1.23. The van der Waals surface area contributed by atoms with Crippen LogP contribution < -0.4 is 10.1 Å². The van der Waals surface area contributed by atoms with Crippen LogP contribution in [0.1, 0.15) is 73.0 Å². The van der Waals surface area contributed by atoms with E-state index in [0.29, 0.717) is 11.2 Å². The second-order valence-electron chi connectivity index (χ2n) is 10.3. The van der Waals surface area contributed by atoms with Crippen molar-refractivity contribution in [1.29, 1.82) is 0 Å². The normalized spacial score (nSPS) is 26.1. The number of carbonyl (C=O) groups is 1. The number of aromatic nitrogens is 1. The molecule has 1 N–H and O–H groups in total. The van der Waals surface area contributed by atoms with Crippen LogP contribution in [0.5, 0.6) is 5.88 Å². The first-order valence-corrected chi connectivity index (χ1v) is 13.4. The van der Waals surface area contributed by atoms with Gasteiger partial charge < -0.3 is 10.1 Å². The van der Waals surface area contributed by atoms with Gasteiger partial charge in [0.25, 0.3) is 5.91 Å². The molecule has 0 aliphatic heterocycles. The minimum absolute atomic E-state index is 0.0508. The molecule has 1 aromatic rings. The SMILES string of the molecule is C=CC(NC(=O)c1c(C)cc(C(F)(F)F)nc1OC)C1CC(CC2CC2)CCC1SCC1CC1. The van der Waals surface area contributed by atoms with E-state index in [-0.39, 0.29) is 29.0 Å². The highest BCUT2D eigenvalue weighted by molar-refractivity contribution is 7.99. The second kappa shape index (κ2) is 10.5. The fourth-order valence-corrected chi connectivity index (χ4v) is 6.90. The molecular weight excluding hydrogens is 461 g/mol. The topological polar surface area (TPSA) is 51.2 Å². The van der Waals surface area contributed by atoms with Crippen LogP contribution in [0.25, 0.3) is 0 Å². The van der Waals surface area contributed by atoms with Gasteiger partial charge in [0.2, 0.25) is 5.88 Å². The van der Waals surface area contributed by atoms with Crippen molar-refractivity contribution in [1.82, 2.24) is 10.3 Å². The zero-order valence-corrected chi connectivity index (χ0v) is 20.8. The van der Waals surface area contributed by atoms with E-state index in [0.717, 1.165) is 30.7 Å². The summed E-state index contributed by atoms with van der Waals surface area (Å²) in [6.07, 6.45) is 7.19. The number of carbonyl (C=O) groups excluding carboxylic acids is 1. The van der Waals surface area contributed by atoms with Crippen molar-refractivity contribution >= 4 is 17.7 Å². The number of methoxy groups -OCH3 is 1. The monoisotopic (exact) mass is 496 g/mol. The summed E-state index contributed by atoms with van der Waals surface area (Å²) >= 11 is 2.03. The Bertz CT molecular complexity index is 899. The third-order valence-corrected chi connectivity index (χ3v) is 9.13. The molecular formula is C26H35F3N2O2S. The number of nitrogens with one attached hydrogen (secondary N) is 1. The van der Waals surface area contributed by atoms with Crippen molar-refractivity contribution in [2.24, 2.45) is 23.7 Å². The predicted octanol–water partition coefficient (Wildman–Crippen LogP) is 6.43. The van der Waals surface area contributed by atoms with E-state index in [1.165, 1.54) is 58.3 Å². The molecule has 4 nitrogen and oxygen atoms in total. The molecule has 3 saturated carbocycles. The van der Waals surface area contributed by atoms with Crippen LogP contribution in [0.15, 0.2) is 18.7 Å². The second-order valence-corrected chi connectivity index (χ2v) is 11.6. The molecule has 0 bridgehead atoms. The number of aryl methyl sites for hydroxylation is 1. The van der Waals surface area contributed by atoms with Gasteiger partial charge in [-0.15, -0.1) is 6.58 Å². The average molecular weight is 497 g/mol. The van der Waals surface area contributed by atoms with Gasteiger partial charge in [-0.25, -0.2) is 4.98 Å². The third-order valence-electron chi connectivity index (χ3n) is 7.46. The van der Waals surface area contributed by atoms with Crippen LogP contribution >= 0.6 is 11.8 Å². The van der Waals surface area contributed by atoms with E-state index in [1.807, 2.05) is 11.8 Å². The Morgan fingerprint density at radius 2 is 1.91 bits per heavy atom. The number of nitrogens with zero attached hydrogens (tertiary/aromatic N) is 1. The molecule has 3 fully saturated rings. The molecule has 4 atom stereocenters. The molecule has 34 heavy (non-hydrogen) atoms. The molecule has 0 radical (unpaired) electrons. The van der Waals surface area contributed by atoms with Crippen LogP contribution in [0, 0.1) is 30.6 Å². The minimum Gasteiger partial charge on any atom is -0.480 e. The summed E-state index contributed by atoms with van der Waals surface area (Å²) in [4.78, 5) is 16.9. The van der Waals surface area contributed by atoms with Crippen molar-refractivity contribution in [3.63, 3.8) is 0 Å². The van der Waals surface area contributed by atoms with E-state index >= 15 is 0 Å². The average Bonchev–Trinajstić information content (AvgIpc) is 3.71. The summed E-state index contributed by atoms with van der Waals surface area (Å²) < 4.78 is 44.7. The van der Waals surface area contributed by atoms with Crippen LogP contribution in [0.3, 0.4) is 0 Å². The fourth-order valence-electron chi connectivity index (χ4n) is 5.21. The number of ether oxygens (including phenoxy) is 1. The standard InChI is InChI=1S/C26H35F3N2O2S/c1-4-20(30-24(32)23-15(2)11-22(26(27,28)29)31-25(23)33-3)19-13-18(12-16-5-6-16)9-10-21(19)34-14-17-7-8-17/h4,11,16-21H,1,5-10,12-14H2,2-3H3,(H,30,32). The lowest BCUT2D eigenvalue weighted by molar-refractivity contribution is -0.141. The number of pyridine rings is 1. The predicted molar refractivity (Wildman–Crippen MR) is 129 cm³/mol. The summed E-state index contributed by atoms with van der Waals surface area (Å²) in [6.45, 7) is 5.50. The van der Waals surface area contributed by atoms with Crippen molar-refractivity contribution < 1.29 is 22.7 Å². The molecule has 1 amide bonds. The Labute approximate surface area is 204 Å². The van der Waals surface area contributed by atoms with Crippen LogP contribution in [0.4, 0.5) is 13.2 Å². The van der Waals surface area contributed by atoms with Gasteiger partial charge in [-0.2, -0.15) is 24.9 Å². The van der Waals surface area contributed by atoms with Gasteiger partial charge in [0.05, 0.1) is 13.2 Å². The van der Waals surface area contributed by atoms with Gasteiger partial charge in [0, 0.05) is 5.25 Å². The summed E-state index contributed by atoms with van der Waals surface area (Å²) in [5, 5.41) is 3.53. The zero-order valence-electron chi connectivity index (χ0n) is 20.0. The molecule has 0 saturated heterocycles. The smallest absolute Gasteiger partial charge is 0.433 e. The van der Waals surface area contributed by atoms with Gasteiger partial charge >= 0.3 is 6.18 Å². The van der Waals surface area contributed by atoms with Gasteiger partial charge in [-0.3, -0.25) is 4.79 Å². The van der Waals surface area contributed by atoms with Crippen molar-refractivity contribution in [3.8, 4) is 5.88 Å². The molecule has 188 valence electrons. The minimum atomic E-state index is -4.61. The first-order valence-electron chi connectivity index (χ1n) is 12.4. The van der Waals surface area contributed by atoms with E-state index in [4.69, 9.17) is 4.74 Å². The van der Waals surface area contributed by atoms with Gasteiger partial charge in [-0.05, 0) is 86.5 Å². The van der Waals surface area contributed by atoms with Gasteiger partial charge in [0.15, 0.2) is 0 Å². The Morgan fingerprint density at radius 1 is 1.24 bits per heavy atom. The Balaban J connectivity index is 1.52.